The Balaban J connectivity index is 0.000000191. The van der Waals surface area contributed by atoms with Crippen molar-refractivity contribution in [2.75, 3.05) is 24.7 Å². The van der Waals surface area contributed by atoms with Crippen molar-refractivity contribution in [3.05, 3.63) is 215 Å². The summed E-state index contributed by atoms with van der Waals surface area (Å²) in [5.74, 6) is 5.23. The van der Waals surface area contributed by atoms with E-state index in [0.29, 0.717) is 12.8 Å². The van der Waals surface area contributed by atoms with Crippen LogP contribution >= 0.6 is 11.6 Å². The maximum atomic E-state index is 11.9. The zero-order chi connectivity index (χ0) is 85.9. The molecule has 35 nitrogen and oxygen atoms in total. The number of carbonyl (C=O) groups is 1. The van der Waals surface area contributed by atoms with Gasteiger partial charge >= 0.3 is 34.1 Å². The molecule has 0 spiro atoms. The van der Waals surface area contributed by atoms with Crippen molar-refractivity contribution in [2.45, 2.75) is 206 Å². The van der Waals surface area contributed by atoms with E-state index < -0.39 is 158 Å². The number of nitrogens with one attached hydrogen (secondary N) is 4. The second kappa shape index (κ2) is 37.7. The van der Waals surface area contributed by atoms with Gasteiger partial charge in [0.25, 0.3) is 22.2 Å². The topological polar surface area (TPSA) is 495 Å². The number of nitrogens with two attached hydrogens (primary N) is 2. The van der Waals surface area contributed by atoms with E-state index in [1.54, 1.807) is 13.8 Å². The van der Waals surface area contributed by atoms with Crippen LogP contribution < -0.4 is 67.8 Å². The fourth-order valence-electron chi connectivity index (χ4n) is 15.6. The van der Waals surface area contributed by atoms with Crippen LogP contribution in [0, 0.1) is 83.9 Å². The fraction of sp³-hybridized carbons (Fsp3) is 0.557. The van der Waals surface area contributed by atoms with Gasteiger partial charge in [-0.3, -0.25) is 66.5 Å². The number of nitrogens with zero attached hydrogens (tertiary/aromatic N) is 8. The van der Waals surface area contributed by atoms with Crippen molar-refractivity contribution in [3.63, 3.8) is 0 Å². The molecule has 0 radical (unpaired) electrons. The van der Waals surface area contributed by atoms with Gasteiger partial charge in [-0.15, -0.1) is 26.0 Å². The van der Waals surface area contributed by atoms with Gasteiger partial charge in [-0.25, -0.2) is 28.8 Å². The molecule has 24 unspecified atom stereocenters. The fourth-order valence-corrected chi connectivity index (χ4v) is 15.9. The predicted octanol–water partition coefficient (Wildman–Crippen LogP) is 3.70. The molecular formula is C79H107ClN14O21. The van der Waals surface area contributed by atoms with Crippen molar-refractivity contribution in [1.29, 1.82) is 0 Å². The lowest BCUT2D eigenvalue weighted by Crippen LogP contribution is -2.43. The van der Waals surface area contributed by atoms with Crippen molar-refractivity contribution in [1.82, 2.24) is 57.3 Å². The van der Waals surface area contributed by atoms with E-state index in [0.717, 1.165) is 19.1 Å². The second-order valence-corrected chi connectivity index (χ2v) is 30.1. The number of nitrogen functional groups attached to an aromatic ring is 2. The number of aldehydes is 1. The van der Waals surface area contributed by atoms with Gasteiger partial charge in [0, 0.05) is 108 Å². The first kappa shape index (κ1) is 92.2. The minimum absolute atomic E-state index is 0.00109. The van der Waals surface area contributed by atoms with E-state index in [-0.39, 0.29) is 65.2 Å². The molecule has 0 saturated carbocycles. The molecule has 6 fully saturated rings. The standard InChI is InChI=1S/C14H19ClN2O3.C14H20N2O3.C14H18N2O3.C13H18N2O4.C12H17N3O4.C12H15N3O4/c1-4-14(6-7-15)10(3)9(2)12(20-14)17-8-5-11(18)16-13(17)19;2*1-5-14(6-2)10(4)9(3)12(19-14)16-8-7-11(17)15-13(16)18;1-4-13(7-16)9(3)8(2)11(19-13)15-6-5-10(17)14-12(15)18;2*1-3-12(6-16)9(17)7(2)10(19-12)15-5-4-8(13)14-11(15)18/h5-10,12H,4H2,1-3H3,(H,16,18,19);5,7-10,12H,1,6H2,2-4H3,(H,15,17,18);1,7-10,12H,6H2,2-4H3,(H,15,17,18);5-9,11H,4H2,1-3H3,(H,14,17,18);3-5,7,9-10,16-17H,1,6H2,2H3,(H2,13,14,18);1,4-5,7,9-10,16-17H,6H2,2H3,(H2,13,14,18)/b7-6+;;;;;. The molecule has 6 aromatic heterocycles. The number of hydrogen-bond donors (Lipinski definition) is 10. The Morgan fingerprint density at radius 1 is 0.443 bits per heavy atom. The van der Waals surface area contributed by atoms with Gasteiger partial charge in [0.05, 0.1) is 30.5 Å². The highest BCUT2D eigenvalue weighted by molar-refractivity contribution is 6.25. The van der Waals surface area contributed by atoms with Crippen LogP contribution in [-0.4, -0.2) is 143 Å². The summed E-state index contributed by atoms with van der Waals surface area (Å²) in [6, 6.07) is 8.15. The van der Waals surface area contributed by atoms with E-state index in [2.05, 4.69) is 68.8 Å². The normalized spacial score (nSPS) is 34.2. The van der Waals surface area contributed by atoms with E-state index in [9.17, 15) is 73.2 Å². The molecule has 0 amide bonds. The van der Waals surface area contributed by atoms with E-state index in [4.69, 9.17) is 64.3 Å². The Labute approximate surface area is 666 Å². The number of aliphatic hydroxyl groups is 4. The van der Waals surface area contributed by atoms with Crippen LogP contribution in [0.25, 0.3) is 0 Å². The van der Waals surface area contributed by atoms with Crippen LogP contribution in [0.5, 0.6) is 0 Å². The SMILES string of the molecule is C#CC1(CC)OC(n2ccc(=O)[nH]c2=O)C(C)C1C.C#CC1(CO)OC(n2ccc(N)nc2=O)C(C)C1O.C=CC1(CC)OC(n2ccc(=O)[nH]c2=O)C(C)C1C.C=CC1(CO)OC(n2ccc(N)nc2=O)C(C)C1O.CCC1(/C=C/Cl)OC(n2ccc(=O)[nH]c2=O)C(C)C1C.CCC1(C=O)OC(n2ccc(=O)[nH]c2=O)C(C)C1C. The molecule has 12 N–H and O–H groups in total. The zero-order valence-electron chi connectivity index (χ0n) is 66.9. The second-order valence-electron chi connectivity index (χ2n) is 29.8. The molecular weight excluding hydrogens is 1520 g/mol. The molecule has 6 aromatic rings. The lowest BCUT2D eigenvalue weighted by Gasteiger charge is -2.28. The third kappa shape index (κ3) is 18.3. The number of anilines is 2. The van der Waals surface area contributed by atoms with Crippen molar-refractivity contribution >= 4 is 29.5 Å². The maximum Gasteiger partial charge on any atom is 0.351 e. The molecule has 6 saturated heterocycles. The quantitative estimate of drug-likeness (QED) is 0.0375. The summed E-state index contributed by atoms with van der Waals surface area (Å²) in [6.45, 7) is 34.0. The highest BCUT2D eigenvalue weighted by atomic mass is 35.5. The van der Waals surface area contributed by atoms with Gasteiger partial charge in [-0.1, -0.05) is 133 Å². The van der Waals surface area contributed by atoms with E-state index in [1.807, 2.05) is 81.4 Å². The van der Waals surface area contributed by atoms with Gasteiger partial charge in [0.2, 0.25) is 0 Å². The molecule has 6 aliphatic heterocycles. The number of H-pyrrole nitrogens is 4. The number of halogens is 1. The Hall–Kier alpha value is -10.0. The van der Waals surface area contributed by atoms with Gasteiger partial charge in [0.1, 0.15) is 71.9 Å². The monoisotopic (exact) mass is 1620 g/mol. The van der Waals surface area contributed by atoms with E-state index >= 15 is 0 Å². The molecule has 0 bridgehead atoms. The molecule has 6 aliphatic rings. The van der Waals surface area contributed by atoms with Crippen LogP contribution in [-0.2, 0) is 33.2 Å². The lowest BCUT2D eigenvalue weighted by molar-refractivity contribution is -0.138. The van der Waals surface area contributed by atoms with E-state index in [1.165, 1.54) is 113 Å². The molecule has 0 aliphatic carbocycles. The Bertz CT molecular complexity index is 5080. The van der Waals surface area contributed by atoms with Crippen molar-refractivity contribution in [3.8, 4) is 24.7 Å². The van der Waals surface area contributed by atoms with Gasteiger partial charge < -0.3 is 65.1 Å². The third-order valence-corrected chi connectivity index (χ3v) is 24.2. The lowest BCUT2D eigenvalue weighted by atomic mass is 9.81. The van der Waals surface area contributed by atoms with Crippen LogP contribution in [0.1, 0.15) is 160 Å². The number of ether oxygens (including phenoxy) is 6. The average Bonchev–Trinajstić information content (AvgIpc) is 1.67. The van der Waals surface area contributed by atoms with Crippen LogP contribution in [0.2, 0.25) is 0 Å². The highest BCUT2D eigenvalue weighted by Crippen LogP contribution is 2.51. The summed E-state index contributed by atoms with van der Waals surface area (Å²) in [7, 11) is 0. The predicted molar refractivity (Wildman–Crippen MR) is 426 cm³/mol. The molecule has 36 heteroatoms. The zero-order valence-corrected chi connectivity index (χ0v) is 67.6. The summed E-state index contributed by atoms with van der Waals surface area (Å²) in [4.78, 5) is 143. The first-order chi connectivity index (χ1) is 54.2. The number of aromatic nitrogens is 12. The summed E-state index contributed by atoms with van der Waals surface area (Å²) in [5, 5.41) is 39.0. The number of aromatic amines is 4. The summed E-state index contributed by atoms with van der Waals surface area (Å²) >= 11 is 5.73. The highest BCUT2D eigenvalue weighted by Gasteiger charge is 2.56. The Kier molecular flexibility index (Phi) is 30.2. The third-order valence-electron chi connectivity index (χ3n) is 24.0. The van der Waals surface area contributed by atoms with Crippen molar-refractivity contribution in [2.24, 2.45) is 59.2 Å². The van der Waals surface area contributed by atoms with Gasteiger partial charge in [0.15, 0.2) is 11.9 Å². The number of aliphatic hydroxyl groups excluding tert-OH is 4. The van der Waals surface area contributed by atoms with Crippen molar-refractivity contribution < 1.29 is 53.6 Å². The van der Waals surface area contributed by atoms with Crippen LogP contribution in [0.15, 0.2) is 158 Å². The molecule has 626 valence electrons. The first-order valence-corrected chi connectivity index (χ1v) is 38.2. The summed E-state index contributed by atoms with van der Waals surface area (Å²) in [6.07, 6.45) is 22.9. The minimum Gasteiger partial charge on any atom is -0.393 e. The first-order valence-electron chi connectivity index (χ1n) is 37.8. The number of terminal acetylenes is 2. The number of hydrogen-bond acceptors (Lipinski definition) is 25. The number of rotatable bonds is 16. The molecule has 115 heavy (non-hydrogen) atoms. The van der Waals surface area contributed by atoms with Crippen LogP contribution in [0.3, 0.4) is 0 Å². The van der Waals surface area contributed by atoms with Gasteiger partial charge in [-0.2, -0.15) is 9.97 Å². The molecule has 12 rings (SSSR count). The van der Waals surface area contributed by atoms with Gasteiger partial charge in [-0.05, 0) is 61.6 Å². The Morgan fingerprint density at radius 2 is 0.748 bits per heavy atom. The van der Waals surface area contributed by atoms with Crippen LogP contribution in [0.4, 0.5) is 11.6 Å². The minimum atomic E-state index is -1.51. The summed E-state index contributed by atoms with van der Waals surface area (Å²) < 4.78 is 43.3. The molecule has 24 atom stereocenters. The molecule has 12 heterocycles. The summed E-state index contributed by atoms with van der Waals surface area (Å²) in [5.41, 5.74) is 2.37. The largest absolute Gasteiger partial charge is 0.393 e. The smallest absolute Gasteiger partial charge is 0.351 e. The Morgan fingerprint density at radius 3 is 1.03 bits per heavy atom. The average molecular weight is 1620 g/mol. The maximum absolute atomic E-state index is 11.9. The molecule has 0 aromatic carbocycles. The number of carbonyl (C=O) groups excluding carboxylic acids is 1.